The first kappa shape index (κ1) is 11.4. The zero-order valence-corrected chi connectivity index (χ0v) is 8.25. The van der Waals surface area contributed by atoms with Crippen LogP contribution in [-0.2, 0) is 0 Å². The topological polar surface area (TPSA) is 32.6 Å². The van der Waals surface area contributed by atoms with Crippen LogP contribution in [-0.4, -0.2) is 17.4 Å². The molecule has 0 heterocycles. The second-order valence-electron chi connectivity index (χ2n) is 2.77. The highest BCUT2D eigenvalue weighted by molar-refractivity contribution is 5.88. The SMILES string of the molecule is C/C=C\N=C(\CO)C(CC)CC. The average Bonchev–Trinajstić information content (AvgIpc) is 2.12. The Morgan fingerprint density at radius 2 is 2.00 bits per heavy atom. The van der Waals surface area contributed by atoms with E-state index >= 15 is 0 Å². The van der Waals surface area contributed by atoms with Gasteiger partial charge in [-0.1, -0.05) is 19.9 Å². The van der Waals surface area contributed by atoms with Crippen molar-refractivity contribution in [3.63, 3.8) is 0 Å². The Morgan fingerprint density at radius 3 is 2.33 bits per heavy atom. The van der Waals surface area contributed by atoms with Crippen LogP contribution in [0.5, 0.6) is 0 Å². The lowest BCUT2D eigenvalue weighted by atomic mass is 9.98. The fraction of sp³-hybridized carbons (Fsp3) is 0.700. The van der Waals surface area contributed by atoms with E-state index in [1.165, 1.54) is 0 Å². The van der Waals surface area contributed by atoms with Crippen molar-refractivity contribution in [1.29, 1.82) is 0 Å². The molecule has 0 unspecified atom stereocenters. The van der Waals surface area contributed by atoms with Gasteiger partial charge in [-0.05, 0) is 25.7 Å². The summed E-state index contributed by atoms with van der Waals surface area (Å²) in [6.07, 6.45) is 5.71. The lowest BCUT2D eigenvalue weighted by molar-refractivity contribution is 0.348. The summed E-state index contributed by atoms with van der Waals surface area (Å²) < 4.78 is 0. The maximum Gasteiger partial charge on any atom is 0.0816 e. The van der Waals surface area contributed by atoms with Gasteiger partial charge in [0.25, 0.3) is 0 Å². The minimum Gasteiger partial charge on any atom is -0.390 e. The second-order valence-corrected chi connectivity index (χ2v) is 2.77. The smallest absolute Gasteiger partial charge is 0.0816 e. The molecule has 0 saturated carbocycles. The van der Waals surface area contributed by atoms with Crippen LogP contribution in [0, 0.1) is 5.92 Å². The zero-order chi connectivity index (χ0) is 9.40. The second kappa shape index (κ2) is 7.04. The standard InChI is InChI=1S/C10H19NO/c1-4-7-11-10(8-12)9(5-2)6-3/h4,7,9,12H,5-6,8H2,1-3H3/b7-4-,11-10-. The van der Waals surface area contributed by atoms with Crippen LogP contribution in [0.15, 0.2) is 17.3 Å². The van der Waals surface area contributed by atoms with Crippen molar-refractivity contribution >= 4 is 5.71 Å². The molecule has 0 aromatic carbocycles. The third-order valence-corrected chi connectivity index (χ3v) is 2.01. The Kier molecular flexibility index (Phi) is 6.67. The fourth-order valence-electron chi connectivity index (χ4n) is 1.21. The first-order valence-electron chi connectivity index (χ1n) is 4.58. The normalized spacial score (nSPS) is 13.2. The quantitative estimate of drug-likeness (QED) is 0.630. The molecule has 0 aliphatic rings. The molecule has 1 N–H and O–H groups in total. The van der Waals surface area contributed by atoms with E-state index < -0.39 is 0 Å². The molecule has 12 heavy (non-hydrogen) atoms. The lowest BCUT2D eigenvalue weighted by Gasteiger charge is -2.12. The number of aliphatic hydroxyl groups excluding tert-OH is 1. The molecule has 0 aliphatic carbocycles. The predicted octanol–water partition coefficient (Wildman–Crippen LogP) is 2.39. The molecule has 0 rings (SSSR count). The molecular formula is C10H19NO. The first-order valence-corrected chi connectivity index (χ1v) is 4.58. The molecular weight excluding hydrogens is 150 g/mol. The van der Waals surface area contributed by atoms with Crippen molar-refractivity contribution in [2.24, 2.45) is 10.9 Å². The Morgan fingerprint density at radius 1 is 1.42 bits per heavy atom. The van der Waals surface area contributed by atoms with Crippen molar-refractivity contribution in [2.45, 2.75) is 33.6 Å². The van der Waals surface area contributed by atoms with Gasteiger partial charge >= 0.3 is 0 Å². The molecule has 70 valence electrons. The minimum absolute atomic E-state index is 0.0800. The van der Waals surface area contributed by atoms with E-state index in [0.29, 0.717) is 5.92 Å². The first-order chi connectivity index (χ1) is 5.79. The van der Waals surface area contributed by atoms with E-state index in [1.54, 1.807) is 6.20 Å². The van der Waals surface area contributed by atoms with Crippen LogP contribution >= 0.6 is 0 Å². The van der Waals surface area contributed by atoms with E-state index in [0.717, 1.165) is 18.6 Å². The third-order valence-electron chi connectivity index (χ3n) is 2.01. The van der Waals surface area contributed by atoms with Crippen LogP contribution in [0.2, 0.25) is 0 Å². The fourth-order valence-corrected chi connectivity index (χ4v) is 1.21. The van der Waals surface area contributed by atoms with Crippen LogP contribution in [0.3, 0.4) is 0 Å². The molecule has 0 radical (unpaired) electrons. The maximum atomic E-state index is 9.02. The number of hydrogen-bond acceptors (Lipinski definition) is 2. The molecule has 0 bridgehead atoms. The van der Waals surface area contributed by atoms with Gasteiger partial charge in [-0.2, -0.15) is 0 Å². The number of aliphatic hydroxyl groups is 1. The third kappa shape index (κ3) is 3.67. The summed E-state index contributed by atoms with van der Waals surface area (Å²) in [5, 5.41) is 9.02. The molecule has 0 fully saturated rings. The van der Waals surface area contributed by atoms with Crippen molar-refractivity contribution < 1.29 is 5.11 Å². The molecule has 0 aromatic heterocycles. The van der Waals surface area contributed by atoms with E-state index in [4.69, 9.17) is 5.11 Å². The van der Waals surface area contributed by atoms with Crippen molar-refractivity contribution in [2.75, 3.05) is 6.61 Å². The molecule has 0 aliphatic heterocycles. The van der Waals surface area contributed by atoms with E-state index in [9.17, 15) is 0 Å². The highest BCUT2D eigenvalue weighted by atomic mass is 16.3. The Bertz CT molecular complexity index is 157. The van der Waals surface area contributed by atoms with Crippen LogP contribution < -0.4 is 0 Å². The predicted molar refractivity (Wildman–Crippen MR) is 53.4 cm³/mol. The Hall–Kier alpha value is -0.630. The number of rotatable bonds is 5. The van der Waals surface area contributed by atoms with Crippen molar-refractivity contribution in [1.82, 2.24) is 0 Å². The molecule has 0 aromatic rings. The Balaban J connectivity index is 4.29. The molecule has 0 amide bonds. The number of allylic oxidation sites excluding steroid dienone is 1. The minimum atomic E-state index is 0.0800. The van der Waals surface area contributed by atoms with E-state index in [-0.39, 0.29) is 6.61 Å². The molecule has 0 spiro atoms. The average molecular weight is 169 g/mol. The number of nitrogens with zero attached hydrogens (tertiary/aromatic N) is 1. The van der Waals surface area contributed by atoms with Crippen LogP contribution in [0.1, 0.15) is 33.6 Å². The van der Waals surface area contributed by atoms with E-state index in [1.807, 2.05) is 13.0 Å². The molecule has 0 saturated heterocycles. The molecule has 2 heteroatoms. The largest absolute Gasteiger partial charge is 0.390 e. The monoisotopic (exact) mass is 169 g/mol. The van der Waals surface area contributed by atoms with Gasteiger partial charge in [-0.15, -0.1) is 0 Å². The number of hydrogen-bond donors (Lipinski definition) is 1. The maximum absolute atomic E-state index is 9.02. The summed E-state index contributed by atoms with van der Waals surface area (Å²) >= 11 is 0. The highest BCUT2D eigenvalue weighted by Gasteiger charge is 2.09. The van der Waals surface area contributed by atoms with Gasteiger partial charge in [-0.25, -0.2) is 0 Å². The van der Waals surface area contributed by atoms with Crippen LogP contribution in [0.25, 0.3) is 0 Å². The van der Waals surface area contributed by atoms with E-state index in [2.05, 4.69) is 18.8 Å². The van der Waals surface area contributed by atoms with Gasteiger partial charge in [0.15, 0.2) is 0 Å². The van der Waals surface area contributed by atoms with Gasteiger partial charge in [0, 0.05) is 11.9 Å². The van der Waals surface area contributed by atoms with Gasteiger partial charge in [0.05, 0.1) is 6.61 Å². The summed E-state index contributed by atoms with van der Waals surface area (Å²) in [5.41, 5.74) is 0.901. The Labute approximate surface area is 75.0 Å². The summed E-state index contributed by atoms with van der Waals surface area (Å²) in [4.78, 5) is 4.19. The van der Waals surface area contributed by atoms with Crippen LogP contribution in [0.4, 0.5) is 0 Å². The number of aliphatic imine (C=N–C) groups is 1. The lowest BCUT2D eigenvalue weighted by Crippen LogP contribution is -2.16. The van der Waals surface area contributed by atoms with Crippen molar-refractivity contribution in [3.8, 4) is 0 Å². The summed E-state index contributed by atoms with van der Waals surface area (Å²) in [6, 6.07) is 0. The summed E-state index contributed by atoms with van der Waals surface area (Å²) in [7, 11) is 0. The van der Waals surface area contributed by atoms with Gasteiger partial charge in [-0.3, -0.25) is 4.99 Å². The summed E-state index contributed by atoms with van der Waals surface area (Å²) in [6.45, 7) is 6.24. The van der Waals surface area contributed by atoms with Gasteiger partial charge in [0.2, 0.25) is 0 Å². The van der Waals surface area contributed by atoms with Gasteiger partial charge < -0.3 is 5.11 Å². The van der Waals surface area contributed by atoms with Crippen molar-refractivity contribution in [3.05, 3.63) is 12.3 Å². The summed E-state index contributed by atoms with van der Waals surface area (Å²) in [5.74, 6) is 0.436. The molecule has 2 nitrogen and oxygen atoms in total. The highest BCUT2D eigenvalue weighted by Crippen LogP contribution is 2.10. The van der Waals surface area contributed by atoms with Gasteiger partial charge in [0.1, 0.15) is 0 Å². The zero-order valence-electron chi connectivity index (χ0n) is 8.25. The molecule has 0 atom stereocenters.